The van der Waals surface area contributed by atoms with E-state index in [1.807, 2.05) is 38.1 Å². The van der Waals surface area contributed by atoms with E-state index < -0.39 is 0 Å². The third-order valence-corrected chi connectivity index (χ3v) is 5.54. The molecule has 0 spiro atoms. The van der Waals surface area contributed by atoms with Crippen LogP contribution in [0.3, 0.4) is 0 Å². The van der Waals surface area contributed by atoms with E-state index in [4.69, 9.17) is 21.1 Å². The lowest BCUT2D eigenvalue weighted by Crippen LogP contribution is -2.24. The Balaban J connectivity index is 1.82. The first-order valence-electron chi connectivity index (χ1n) is 9.05. The number of amides is 1. The zero-order chi connectivity index (χ0) is 20.5. The molecule has 0 radical (unpaired) electrons. The number of ether oxygens (including phenoxy) is 2. The van der Waals surface area contributed by atoms with Crippen molar-refractivity contribution in [3.05, 3.63) is 56.5 Å². The van der Waals surface area contributed by atoms with Gasteiger partial charge in [0.05, 0.1) is 17.3 Å². The molecule has 0 aliphatic carbocycles. The minimum atomic E-state index is -0.354. The van der Waals surface area contributed by atoms with E-state index in [-0.39, 0.29) is 12.5 Å². The molecule has 0 unspecified atom stereocenters. The van der Waals surface area contributed by atoms with Gasteiger partial charge in [0.2, 0.25) is 0 Å². The number of nitrogens with zero attached hydrogens (tertiary/aromatic N) is 1. The number of nitrogens with one attached hydrogen (secondary N) is 1. The van der Waals surface area contributed by atoms with Gasteiger partial charge in [-0.3, -0.25) is 4.79 Å². The van der Waals surface area contributed by atoms with Gasteiger partial charge >= 0.3 is 0 Å². The topological polar surface area (TPSA) is 59.9 Å². The van der Waals surface area contributed by atoms with Gasteiger partial charge in [-0.15, -0.1) is 0 Å². The monoisotopic (exact) mass is 466 g/mol. The Bertz CT molecular complexity index is 839. The largest absolute Gasteiger partial charge is 0.494 e. The molecule has 0 bridgehead atoms. The second-order valence-corrected chi connectivity index (χ2v) is 7.47. The van der Waals surface area contributed by atoms with Crippen molar-refractivity contribution in [1.82, 2.24) is 5.43 Å². The van der Waals surface area contributed by atoms with Crippen molar-refractivity contribution >= 4 is 39.7 Å². The molecule has 0 saturated heterocycles. The first-order valence-corrected chi connectivity index (χ1v) is 10.2. The van der Waals surface area contributed by atoms with Crippen LogP contribution in [0, 0.1) is 13.8 Å². The summed E-state index contributed by atoms with van der Waals surface area (Å²) in [5.41, 5.74) is 5.07. The van der Waals surface area contributed by atoms with E-state index in [1.165, 1.54) is 0 Å². The van der Waals surface area contributed by atoms with Crippen molar-refractivity contribution in [3.63, 3.8) is 0 Å². The van der Waals surface area contributed by atoms with Gasteiger partial charge in [-0.2, -0.15) is 5.10 Å². The maximum atomic E-state index is 11.9. The summed E-state index contributed by atoms with van der Waals surface area (Å²) in [4.78, 5) is 11.9. The number of benzene rings is 2. The van der Waals surface area contributed by atoms with Crippen LogP contribution in [0.2, 0.25) is 5.02 Å². The highest BCUT2D eigenvalue weighted by Gasteiger charge is 2.12. The number of aryl methyl sites for hydroxylation is 1. The summed E-state index contributed by atoms with van der Waals surface area (Å²) in [5.74, 6) is 1.03. The fourth-order valence-electron chi connectivity index (χ4n) is 2.34. The van der Waals surface area contributed by atoms with Gasteiger partial charge in [0, 0.05) is 5.02 Å². The van der Waals surface area contributed by atoms with Crippen LogP contribution in [0.4, 0.5) is 0 Å². The number of carbonyl (C=O) groups excluding carboxylic acids is 1. The molecule has 0 aliphatic rings. The highest BCUT2D eigenvalue weighted by atomic mass is 79.9. The summed E-state index contributed by atoms with van der Waals surface area (Å²) in [6.45, 7) is 6.46. The lowest BCUT2D eigenvalue weighted by molar-refractivity contribution is -0.123. The third kappa shape index (κ3) is 6.53. The first kappa shape index (κ1) is 22.2. The highest BCUT2D eigenvalue weighted by Crippen LogP contribution is 2.35. The molecule has 2 rings (SSSR count). The van der Waals surface area contributed by atoms with Gasteiger partial charge in [-0.05, 0) is 83.2 Å². The van der Waals surface area contributed by atoms with Crippen molar-refractivity contribution in [2.45, 2.75) is 33.6 Å². The fourth-order valence-corrected chi connectivity index (χ4v) is 3.03. The number of hydrazone groups is 1. The predicted molar refractivity (Wildman–Crippen MR) is 117 cm³/mol. The lowest BCUT2D eigenvalue weighted by Gasteiger charge is -2.12. The van der Waals surface area contributed by atoms with Crippen molar-refractivity contribution < 1.29 is 14.3 Å². The van der Waals surface area contributed by atoms with Gasteiger partial charge in [0.15, 0.2) is 6.61 Å². The molecule has 28 heavy (non-hydrogen) atoms. The summed E-state index contributed by atoms with van der Waals surface area (Å²) >= 11 is 9.64. The molecular weight excluding hydrogens is 444 g/mol. The number of rotatable bonds is 9. The quantitative estimate of drug-likeness (QED) is 0.304. The van der Waals surface area contributed by atoms with Crippen LogP contribution in [0.1, 0.15) is 36.5 Å². The average molecular weight is 468 g/mol. The average Bonchev–Trinajstić information content (AvgIpc) is 2.69. The van der Waals surface area contributed by atoms with Crippen LogP contribution in [-0.2, 0) is 4.79 Å². The molecule has 0 aliphatic heterocycles. The normalized spacial score (nSPS) is 10.9. The van der Waals surface area contributed by atoms with Gasteiger partial charge in [0.25, 0.3) is 5.91 Å². The van der Waals surface area contributed by atoms with Crippen LogP contribution in [-0.4, -0.2) is 25.3 Å². The molecule has 0 fully saturated rings. The number of carbonyl (C=O) groups is 1. The Kier molecular flexibility index (Phi) is 8.80. The molecule has 0 atom stereocenters. The summed E-state index contributed by atoms with van der Waals surface area (Å²) in [7, 11) is 0. The van der Waals surface area contributed by atoms with Crippen LogP contribution in [0.25, 0.3) is 0 Å². The SMILES string of the molecule is CCCCOc1ccc(/C=N/NC(=O)COc2cc(C)c(Cl)c(C)c2Br)cc1. The maximum Gasteiger partial charge on any atom is 0.277 e. The van der Waals surface area contributed by atoms with Gasteiger partial charge in [0.1, 0.15) is 11.5 Å². The van der Waals surface area contributed by atoms with Crippen LogP contribution in [0.15, 0.2) is 39.9 Å². The second kappa shape index (κ2) is 11.1. The maximum absolute atomic E-state index is 11.9. The molecule has 0 aromatic heterocycles. The molecule has 1 amide bonds. The summed E-state index contributed by atoms with van der Waals surface area (Å²) in [5, 5.41) is 4.63. The molecule has 1 N–H and O–H groups in total. The van der Waals surface area contributed by atoms with Gasteiger partial charge < -0.3 is 9.47 Å². The Hall–Kier alpha value is -2.05. The van der Waals surface area contributed by atoms with Crippen molar-refractivity contribution in [2.24, 2.45) is 5.10 Å². The van der Waals surface area contributed by atoms with E-state index in [2.05, 4.69) is 33.4 Å². The predicted octanol–water partition coefficient (Wildman–Crippen LogP) is 5.43. The van der Waals surface area contributed by atoms with Crippen LogP contribution >= 0.6 is 27.5 Å². The summed E-state index contributed by atoms with van der Waals surface area (Å²) in [6, 6.07) is 9.31. The third-order valence-electron chi connectivity index (χ3n) is 3.98. The molecule has 2 aromatic carbocycles. The molecule has 7 heteroatoms. The minimum Gasteiger partial charge on any atom is -0.494 e. The lowest BCUT2D eigenvalue weighted by atomic mass is 10.1. The van der Waals surface area contributed by atoms with E-state index in [0.29, 0.717) is 17.4 Å². The van der Waals surface area contributed by atoms with Gasteiger partial charge in [-0.25, -0.2) is 5.43 Å². The Labute approximate surface area is 179 Å². The van der Waals surface area contributed by atoms with E-state index in [1.54, 1.807) is 12.3 Å². The second-order valence-electron chi connectivity index (χ2n) is 6.30. The summed E-state index contributed by atoms with van der Waals surface area (Å²) in [6.07, 6.45) is 3.70. The van der Waals surface area contributed by atoms with Crippen LogP contribution < -0.4 is 14.9 Å². The van der Waals surface area contributed by atoms with Gasteiger partial charge in [-0.1, -0.05) is 24.9 Å². The van der Waals surface area contributed by atoms with E-state index >= 15 is 0 Å². The number of hydrogen-bond acceptors (Lipinski definition) is 4. The van der Waals surface area contributed by atoms with Crippen LogP contribution in [0.5, 0.6) is 11.5 Å². The van der Waals surface area contributed by atoms with Crippen molar-refractivity contribution in [2.75, 3.05) is 13.2 Å². The van der Waals surface area contributed by atoms with Crippen molar-refractivity contribution in [1.29, 1.82) is 0 Å². The number of hydrogen-bond donors (Lipinski definition) is 1. The van der Waals surface area contributed by atoms with E-state index in [0.717, 1.165) is 39.8 Å². The Morgan fingerprint density at radius 1 is 1.25 bits per heavy atom. The Morgan fingerprint density at radius 3 is 2.64 bits per heavy atom. The molecule has 5 nitrogen and oxygen atoms in total. The zero-order valence-corrected chi connectivity index (χ0v) is 18.6. The highest BCUT2D eigenvalue weighted by molar-refractivity contribution is 9.10. The molecule has 0 heterocycles. The zero-order valence-electron chi connectivity index (χ0n) is 16.2. The fraction of sp³-hybridized carbons (Fsp3) is 0.333. The molecular formula is C21H24BrClN2O3. The molecule has 0 saturated carbocycles. The number of halogens is 2. The standard InChI is InChI=1S/C21H24BrClN2O3/c1-4-5-10-27-17-8-6-16(7-9-17)12-24-25-19(26)13-28-18-11-14(2)21(23)15(3)20(18)22/h6-9,11-12H,4-5,10,13H2,1-3H3,(H,25,26)/b24-12+. The minimum absolute atomic E-state index is 0.152. The summed E-state index contributed by atoms with van der Waals surface area (Å²) < 4.78 is 11.9. The number of unbranched alkanes of at least 4 members (excludes halogenated alkanes) is 1. The smallest absolute Gasteiger partial charge is 0.277 e. The molecule has 150 valence electrons. The first-order chi connectivity index (χ1) is 13.4. The molecule has 2 aromatic rings. The Morgan fingerprint density at radius 2 is 1.96 bits per heavy atom. The van der Waals surface area contributed by atoms with E-state index in [9.17, 15) is 4.79 Å². The van der Waals surface area contributed by atoms with Crippen molar-refractivity contribution in [3.8, 4) is 11.5 Å².